The first-order chi connectivity index (χ1) is 9.86. The lowest BCUT2D eigenvalue weighted by atomic mass is 10.2. The van der Waals surface area contributed by atoms with Crippen LogP contribution in [0.15, 0.2) is 12.1 Å². The van der Waals surface area contributed by atoms with Gasteiger partial charge < -0.3 is 14.2 Å². The highest BCUT2D eigenvalue weighted by Gasteiger charge is 2.26. The minimum absolute atomic E-state index is 0.0791. The van der Waals surface area contributed by atoms with Crippen molar-refractivity contribution in [1.82, 2.24) is 4.98 Å². The fourth-order valence-electron chi connectivity index (χ4n) is 2.52. The number of aromatic nitrogens is 1. The minimum atomic E-state index is -0.0791. The van der Waals surface area contributed by atoms with E-state index in [2.05, 4.69) is 6.07 Å². The predicted octanol–water partition coefficient (Wildman–Crippen LogP) is 3.40. The van der Waals surface area contributed by atoms with E-state index in [0.29, 0.717) is 19.1 Å². The Morgan fingerprint density at radius 3 is 2.85 bits per heavy atom. The topological polar surface area (TPSA) is 40.6 Å². The third-order valence-electron chi connectivity index (χ3n) is 3.79. The van der Waals surface area contributed by atoms with Crippen LogP contribution in [0.4, 0.5) is 0 Å². The van der Waals surface area contributed by atoms with Gasteiger partial charge in [-0.2, -0.15) is 0 Å². The van der Waals surface area contributed by atoms with Crippen LogP contribution in [0.2, 0.25) is 0 Å². The summed E-state index contributed by atoms with van der Waals surface area (Å²) in [6.07, 6.45) is 5.73. The van der Waals surface area contributed by atoms with Crippen LogP contribution in [0.1, 0.15) is 56.3 Å². The fraction of sp³-hybridized carbons (Fsp3) is 0.688. The third kappa shape index (κ3) is 3.49. The maximum absolute atomic E-state index is 5.85. The number of nitrogens with zero attached hydrogens (tertiary/aromatic N) is 1. The lowest BCUT2D eigenvalue weighted by Crippen LogP contribution is -2.22. The Bertz CT molecular complexity index is 439. The molecule has 1 atom stereocenters. The number of rotatable bonds is 6. The third-order valence-corrected chi connectivity index (χ3v) is 3.79. The van der Waals surface area contributed by atoms with Gasteiger partial charge in [-0.05, 0) is 51.2 Å². The van der Waals surface area contributed by atoms with Gasteiger partial charge in [0, 0.05) is 18.2 Å². The number of ether oxygens (including phenoxy) is 3. The van der Waals surface area contributed by atoms with Crippen LogP contribution < -0.4 is 4.74 Å². The monoisotopic (exact) mass is 277 g/mol. The second-order valence-corrected chi connectivity index (χ2v) is 5.50. The molecule has 2 heterocycles. The smallest absolute Gasteiger partial charge is 0.158 e. The van der Waals surface area contributed by atoms with Gasteiger partial charge in [-0.3, -0.25) is 4.98 Å². The van der Waals surface area contributed by atoms with E-state index >= 15 is 0 Å². The van der Waals surface area contributed by atoms with Gasteiger partial charge in [-0.25, -0.2) is 0 Å². The van der Waals surface area contributed by atoms with Crippen molar-refractivity contribution in [3.63, 3.8) is 0 Å². The molecule has 20 heavy (non-hydrogen) atoms. The van der Waals surface area contributed by atoms with E-state index in [-0.39, 0.29) is 6.29 Å². The molecule has 2 aliphatic rings. The first-order valence-electron chi connectivity index (χ1n) is 7.72. The van der Waals surface area contributed by atoms with Gasteiger partial charge in [-0.15, -0.1) is 0 Å². The second kappa shape index (κ2) is 6.55. The predicted molar refractivity (Wildman–Crippen MR) is 75.8 cm³/mol. The van der Waals surface area contributed by atoms with Crippen molar-refractivity contribution in [1.29, 1.82) is 0 Å². The van der Waals surface area contributed by atoms with E-state index in [0.717, 1.165) is 30.9 Å². The van der Waals surface area contributed by atoms with Crippen LogP contribution in [0, 0.1) is 0 Å². The standard InChI is InChI=1S/C16H23NO3/c1-2-18-15-9-8-13(12-6-7-12)17-14(15)11-20-16-5-3-4-10-19-16/h8-9,12,16H,2-7,10-11H2,1H3. The summed E-state index contributed by atoms with van der Waals surface area (Å²) >= 11 is 0. The van der Waals surface area contributed by atoms with E-state index in [1.165, 1.54) is 25.0 Å². The Labute approximate surface area is 120 Å². The summed E-state index contributed by atoms with van der Waals surface area (Å²) in [4.78, 5) is 4.73. The molecule has 1 unspecified atom stereocenters. The zero-order chi connectivity index (χ0) is 13.8. The van der Waals surface area contributed by atoms with Gasteiger partial charge in [0.05, 0.1) is 13.2 Å². The van der Waals surface area contributed by atoms with Gasteiger partial charge in [0.1, 0.15) is 11.4 Å². The Balaban J connectivity index is 1.66. The molecular weight excluding hydrogens is 254 g/mol. The van der Waals surface area contributed by atoms with Gasteiger partial charge in [0.2, 0.25) is 0 Å². The van der Waals surface area contributed by atoms with Crippen LogP contribution in [0.25, 0.3) is 0 Å². The molecule has 1 aliphatic carbocycles. The number of hydrogen-bond acceptors (Lipinski definition) is 4. The van der Waals surface area contributed by atoms with Gasteiger partial charge >= 0.3 is 0 Å². The quantitative estimate of drug-likeness (QED) is 0.799. The van der Waals surface area contributed by atoms with Gasteiger partial charge in [0.15, 0.2) is 6.29 Å². The summed E-state index contributed by atoms with van der Waals surface area (Å²) in [6, 6.07) is 4.12. The molecule has 3 rings (SSSR count). The molecule has 0 radical (unpaired) electrons. The van der Waals surface area contributed by atoms with Crippen molar-refractivity contribution in [3.8, 4) is 5.75 Å². The van der Waals surface area contributed by atoms with Crippen molar-refractivity contribution in [3.05, 3.63) is 23.5 Å². The molecule has 1 saturated carbocycles. The van der Waals surface area contributed by atoms with Crippen LogP contribution in [-0.2, 0) is 16.1 Å². The largest absolute Gasteiger partial charge is 0.492 e. The first kappa shape index (κ1) is 13.8. The van der Waals surface area contributed by atoms with Crippen LogP contribution >= 0.6 is 0 Å². The maximum Gasteiger partial charge on any atom is 0.158 e. The van der Waals surface area contributed by atoms with Crippen molar-refractivity contribution in [2.75, 3.05) is 13.2 Å². The molecule has 1 saturated heterocycles. The molecule has 2 fully saturated rings. The minimum Gasteiger partial charge on any atom is -0.492 e. The van der Waals surface area contributed by atoms with Crippen molar-refractivity contribution in [2.24, 2.45) is 0 Å². The average Bonchev–Trinajstić information content (AvgIpc) is 3.32. The molecule has 0 N–H and O–H groups in total. The fourth-order valence-corrected chi connectivity index (χ4v) is 2.52. The highest BCUT2D eigenvalue weighted by Crippen LogP contribution is 2.39. The van der Waals surface area contributed by atoms with E-state index in [4.69, 9.17) is 19.2 Å². The van der Waals surface area contributed by atoms with Crippen LogP contribution in [0.5, 0.6) is 5.75 Å². The molecule has 0 bridgehead atoms. The molecule has 0 amide bonds. The Kier molecular flexibility index (Phi) is 4.53. The molecule has 4 nitrogen and oxygen atoms in total. The van der Waals surface area contributed by atoms with Crippen molar-refractivity contribution in [2.45, 2.75) is 57.8 Å². The molecule has 0 aromatic carbocycles. The molecule has 1 aliphatic heterocycles. The van der Waals surface area contributed by atoms with Crippen molar-refractivity contribution >= 4 is 0 Å². The Hall–Kier alpha value is -1.13. The van der Waals surface area contributed by atoms with E-state index < -0.39 is 0 Å². The number of hydrogen-bond donors (Lipinski definition) is 0. The lowest BCUT2D eigenvalue weighted by Gasteiger charge is -2.23. The molecule has 4 heteroatoms. The summed E-state index contributed by atoms with van der Waals surface area (Å²) < 4.78 is 17.1. The van der Waals surface area contributed by atoms with Gasteiger partial charge in [0.25, 0.3) is 0 Å². The van der Waals surface area contributed by atoms with E-state index in [1.807, 2.05) is 13.0 Å². The van der Waals surface area contributed by atoms with Crippen LogP contribution in [0.3, 0.4) is 0 Å². The first-order valence-corrected chi connectivity index (χ1v) is 7.72. The zero-order valence-electron chi connectivity index (χ0n) is 12.1. The van der Waals surface area contributed by atoms with Crippen LogP contribution in [-0.4, -0.2) is 24.5 Å². The zero-order valence-corrected chi connectivity index (χ0v) is 12.1. The normalized spacial score (nSPS) is 22.8. The molecule has 1 aromatic rings. The summed E-state index contributed by atoms with van der Waals surface area (Å²) in [5.74, 6) is 1.49. The average molecular weight is 277 g/mol. The second-order valence-electron chi connectivity index (χ2n) is 5.50. The maximum atomic E-state index is 5.85. The summed E-state index contributed by atoms with van der Waals surface area (Å²) in [7, 11) is 0. The van der Waals surface area contributed by atoms with E-state index in [1.54, 1.807) is 0 Å². The summed E-state index contributed by atoms with van der Waals surface area (Å²) in [5, 5.41) is 0. The number of pyridine rings is 1. The highest BCUT2D eigenvalue weighted by atomic mass is 16.7. The van der Waals surface area contributed by atoms with E-state index in [9.17, 15) is 0 Å². The molecule has 110 valence electrons. The van der Waals surface area contributed by atoms with Gasteiger partial charge in [-0.1, -0.05) is 0 Å². The molecule has 1 aromatic heterocycles. The molecule has 0 spiro atoms. The Morgan fingerprint density at radius 2 is 2.15 bits per heavy atom. The van der Waals surface area contributed by atoms with Crippen molar-refractivity contribution < 1.29 is 14.2 Å². The highest BCUT2D eigenvalue weighted by molar-refractivity contribution is 5.31. The molecular formula is C16H23NO3. The Morgan fingerprint density at radius 1 is 1.25 bits per heavy atom. The summed E-state index contributed by atoms with van der Waals surface area (Å²) in [5.41, 5.74) is 2.09. The SMILES string of the molecule is CCOc1ccc(C2CC2)nc1COC1CCCCO1. The summed E-state index contributed by atoms with van der Waals surface area (Å²) in [6.45, 7) is 3.92. The lowest BCUT2D eigenvalue weighted by molar-refractivity contribution is -0.169.